The van der Waals surface area contributed by atoms with E-state index in [1.807, 2.05) is 0 Å². The van der Waals surface area contributed by atoms with Crippen molar-refractivity contribution in [2.45, 2.75) is 44.4 Å². The average molecular weight is 339 g/mol. The first-order valence-corrected chi connectivity index (χ1v) is 8.01. The summed E-state index contributed by atoms with van der Waals surface area (Å²) < 4.78 is 6.64. The number of carboxylic acid groups (broad SMARTS) is 1. The van der Waals surface area contributed by atoms with Crippen LogP contribution in [0, 0.1) is 5.92 Å². The molecule has 1 aromatic carbocycles. The average Bonchev–Trinajstić information content (AvgIpc) is 3.13. The molecule has 3 nitrogen and oxygen atoms in total. The van der Waals surface area contributed by atoms with E-state index in [0.717, 1.165) is 41.5 Å². The molecule has 4 heteroatoms. The summed E-state index contributed by atoms with van der Waals surface area (Å²) in [4.78, 5) is 11.2. The molecule has 2 aliphatic rings. The van der Waals surface area contributed by atoms with Crippen molar-refractivity contribution in [2.24, 2.45) is 5.92 Å². The van der Waals surface area contributed by atoms with Gasteiger partial charge >= 0.3 is 5.97 Å². The van der Waals surface area contributed by atoms with Gasteiger partial charge in [-0.15, -0.1) is 0 Å². The molecule has 0 heterocycles. The molecule has 20 heavy (non-hydrogen) atoms. The van der Waals surface area contributed by atoms with Gasteiger partial charge in [0.25, 0.3) is 0 Å². The number of rotatable bonds is 5. The maximum absolute atomic E-state index is 11.2. The summed E-state index contributed by atoms with van der Waals surface area (Å²) in [5.74, 6) is 0.723. The van der Waals surface area contributed by atoms with Crippen LogP contribution in [0.15, 0.2) is 10.5 Å². The smallest absolute Gasteiger partial charge is 0.303 e. The second kappa shape index (κ2) is 5.40. The topological polar surface area (TPSA) is 46.5 Å². The fourth-order valence-electron chi connectivity index (χ4n) is 3.39. The number of aliphatic carboxylic acids is 1. The fourth-order valence-corrected chi connectivity index (χ4v) is 4.24. The number of hydrogen-bond donors (Lipinski definition) is 1. The predicted molar refractivity (Wildman–Crippen MR) is 80.4 cm³/mol. The molecular weight excluding hydrogens is 320 g/mol. The number of carbonyl (C=O) groups is 1. The number of fused-ring (bicyclic) bond motifs is 1. The quantitative estimate of drug-likeness (QED) is 0.885. The van der Waals surface area contributed by atoms with Gasteiger partial charge in [0.2, 0.25) is 0 Å². The van der Waals surface area contributed by atoms with Crippen LogP contribution in [0.25, 0.3) is 0 Å². The zero-order valence-corrected chi connectivity index (χ0v) is 13.2. The normalized spacial score (nSPS) is 18.7. The molecule has 0 amide bonds. The molecular formula is C16H19BrO3. The van der Waals surface area contributed by atoms with E-state index < -0.39 is 5.97 Å². The highest BCUT2D eigenvalue weighted by Crippen LogP contribution is 2.50. The Hall–Kier alpha value is -1.03. The van der Waals surface area contributed by atoms with E-state index in [1.165, 1.54) is 17.5 Å². The third kappa shape index (κ3) is 2.46. The summed E-state index contributed by atoms with van der Waals surface area (Å²) in [5.41, 5.74) is 3.80. The van der Waals surface area contributed by atoms with Crippen LogP contribution in [-0.4, -0.2) is 18.2 Å². The van der Waals surface area contributed by atoms with Gasteiger partial charge in [-0.3, -0.25) is 4.79 Å². The summed E-state index contributed by atoms with van der Waals surface area (Å²) in [6, 6.07) is 2.21. The van der Waals surface area contributed by atoms with E-state index in [9.17, 15) is 9.90 Å². The summed E-state index contributed by atoms with van der Waals surface area (Å²) in [7, 11) is 1.68. The number of benzene rings is 1. The van der Waals surface area contributed by atoms with E-state index in [4.69, 9.17) is 4.74 Å². The minimum Gasteiger partial charge on any atom is -0.495 e. The SMILES string of the molecule is COc1c(C(CC(=O)O)C2CC2)cc2c(c1Br)CCC2. The Morgan fingerprint density at radius 2 is 2.25 bits per heavy atom. The van der Waals surface area contributed by atoms with E-state index in [1.54, 1.807) is 7.11 Å². The first-order chi connectivity index (χ1) is 9.61. The van der Waals surface area contributed by atoms with Gasteiger partial charge in [-0.05, 0) is 70.6 Å². The van der Waals surface area contributed by atoms with Crippen molar-refractivity contribution in [3.8, 4) is 5.75 Å². The summed E-state index contributed by atoms with van der Waals surface area (Å²) >= 11 is 3.67. The molecule has 1 aromatic rings. The summed E-state index contributed by atoms with van der Waals surface area (Å²) in [6.07, 6.45) is 5.82. The largest absolute Gasteiger partial charge is 0.495 e. The molecule has 1 atom stereocenters. The molecule has 0 saturated heterocycles. The second-order valence-corrected chi connectivity index (χ2v) is 6.64. The third-order valence-corrected chi connectivity index (χ3v) is 5.34. The fraction of sp³-hybridized carbons (Fsp3) is 0.562. The van der Waals surface area contributed by atoms with Crippen molar-refractivity contribution in [2.75, 3.05) is 7.11 Å². The molecule has 3 rings (SSSR count). The van der Waals surface area contributed by atoms with Gasteiger partial charge in [-0.2, -0.15) is 0 Å². The van der Waals surface area contributed by atoms with Crippen molar-refractivity contribution >= 4 is 21.9 Å². The van der Waals surface area contributed by atoms with Crippen molar-refractivity contribution in [3.63, 3.8) is 0 Å². The van der Waals surface area contributed by atoms with Gasteiger partial charge in [0, 0.05) is 5.92 Å². The number of carboxylic acids is 1. The van der Waals surface area contributed by atoms with Crippen LogP contribution in [0.4, 0.5) is 0 Å². The number of aryl methyl sites for hydroxylation is 1. The van der Waals surface area contributed by atoms with Crippen LogP contribution in [0.1, 0.15) is 48.3 Å². The Balaban J connectivity index is 2.06. The highest BCUT2D eigenvalue weighted by Gasteiger charge is 2.36. The van der Waals surface area contributed by atoms with Crippen LogP contribution in [0.5, 0.6) is 5.75 Å². The standard InChI is InChI=1S/C16H19BrO3/c1-20-16-13(12(8-14(18)19)9-5-6-9)7-10-3-2-4-11(10)15(16)17/h7,9,12H,2-6,8H2,1H3,(H,18,19). The minimum absolute atomic E-state index is 0.0876. The van der Waals surface area contributed by atoms with Crippen molar-refractivity contribution in [3.05, 3.63) is 27.2 Å². The number of ether oxygens (including phenoxy) is 1. The van der Waals surface area contributed by atoms with E-state index in [0.29, 0.717) is 5.92 Å². The monoisotopic (exact) mass is 338 g/mol. The van der Waals surface area contributed by atoms with Gasteiger partial charge in [0.05, 0.1) is 18.0 Å². The minimum atomic E-state index is -0.722. The predicted octanol–water partition coefficient (Wildman–Crippen LogP) is 3.91. The van der Waals surface area contributed by atoms with E-state index in [2.05, 4.69) is 22.0 Å². The number of hydrogen-bond acceptors (Lipinski definition) is 2. The zero-order valence-electron chi connectivity index (χ0n) is 11.6. The maximum Gasteiger partial charge on any atom is 0.303 e. The van der Waals surface area contributed by atoms with Crippen molar-refractivity contribution in [1.82, 2.24) is 0 Å². The van der Waals surface area contributed by atoms with Crippen molar-refractivity contribution in [1.29, 1.82) is 0 Å². The maximum atomic E-state index is 11.2. The lowest BCUT2D eigenvalue weighted by molar-refractivity contribution is -0.137. The highest BCUT2D eigenvalue weighted by molar-refractivity contribution is 9.10. The molecule has 1 unspecified atom stereocenters. The number of halogens is 1. The number of methoxy groups -OCH3 is 1. The van der Waals surface area contributed by atoms with Crippen LogP contribution in [-0.2, 0) is 17.6 Å². The van der Waals surface area contributed by atoms with Gasteiger partial charge in [0.15, 0.2) is 0 Å². The second-order valence-electron chi connectivity index (χ2n) is 5.85. The highest BCUT2D eigenvalue weighted by atomic mass is 79.9. The van der Waals surface area contributed by atoms with Crippen LogP contribution in [0.2, 0.25) is 0 Å². The van der Waals surface area contributed by atoms with Crippen molar-refractivity contribution < 1.29 is 14.6 Å². The molecule has 0 aromatic heterocycles. The molecule has 0 bridgehead atoms. The molecule has 1 saturated carbocycles. The molecule has 1 N–H and O–H groups in total. The Bertz CT molecular complexity index is 549. The van der Waals surface area contributed by atoms with Crippen LogP contribution in [0.3, 0.4) is 0 Å². The van der Waals surface area contributed by atoms with Gasteiger partial charge in [0.1, 0.15) is 5.75 Å². The molecule has 0 aliphatic heterocycles. The Morgan fingerprint density at radius 1 is 1.50 bits per heavy atom. The summed E-state index contributed by atoms with van der Waals surface area (Å²) in [5, 5.41) is 9.20. The first-order valence-electron chi connectivity index (χ1n) is 7.21. The summed E-state index contributed by atoms with van der Waals surface area (Å²) in [6.45, 7) is 0. The van der Waals surface area contributed by atoms with Crippen LogP contribution >= 0.6 is 15.9 Å². The molecule has 0 spiro atoms. The van der Waals surface area contributed by atoms with Gasteiger partial charge in [-0.1, -0.05) is 6.07 Å². The molecule has 108 valence electrons. The zero-order chi connectivity index (χ0) is 14.3. The van der Waals surface area contributed by atoms with E-state index >= 15 is 0 Å². The van der Waals surface area contributed by atoms with Gasteiger partial charge in [-0.25, -0.2) is 0 Å². The third-order valence-electron chi connectivity index (χ3n) is 4.51. The Morgan fingerprint density at radius 3 is 2.85 bits per heavy atom. The first kappa shape index (κ1) is 13.9. The Labute approximate surface area is 127 Å². The Kier molecular flexibility index (Phi) is 3.76. The molecule has 2 aliphatic carbocycles. The lowest BCUT2D eigenvalue weighted by Crippen LogP contribution is -2.11. The lowest BCUT2D eigenvalue weighted by atomic mass is 9.88. The van der Waals surface area contributed by atoms with E-state index in [-0.39, 0.29) is 12.3 Å². The lowest BCUT2D eigenvalue weighted by Gasteiger charge is -2.21. The van der Waals surface area contributed by atoms with Gasteiger partial charge < -0.3 is 9.84 Å². The molecule has 0 radical (unpaired) electrons. The van der Waals surface area contributed by atoms with Crippen LogP contribution < -0.4 is 4.74 Å². The molecule has 1 fully saturated rings.